The van der Waals surface area contributed by atoms with Crippen LogP contribution in [0.4, 0.5) is 0 Å². The van der Waals surface area contributed by atoms with E-state index in [2.05, 4.69) is 116 Å². The third-order valence-corrected chi connectivity index (χ3v) is 10.5. The van der Waals surface area contributed by atoms with Crippen molar-refractivity contribution in [3.63, 3.8) is 0 Å². The third kappa shape index (κ3) is 7.56. The number of aryl methyl sites for hydroxylation is 1. The van der Waals surface area contributed by atoms with Crippen LogP contribution in [0.15, 0.2) is 176 Å². The van der Waals surface area contributed by atoms with Crippen LogP contribution in [0.1, 0.15) is 36.0 Å². The molecule has 5 heteroatoms. The summed E-state index contributed by atoms with van der Waals surface area (Å²) in [6.45, 7) is 4.50. The van der Waals surface area contributed by atoms with E-state index in [0.717, 1.165) is 72.5 Å². The predicted molar refractivity (Wildman–Crippen MR) is 235 cm³/mol. The van der Waals surface area contributed by atoms with Gasteiger partial charge in [0.1, 0.15) is 11.6 Å². The van der Waals surface area contributed by atoms with Crippen molar-refractivity contribution in [1.82, 2.24) is 14.5 Å². The zero-order valence-electron chi connectivity index (χ0n) is 35.3. The maximum absolute atomic E-state index is 11.4. The topological polar surface area (TPSA) is 50.9 Å². The van der Waals surface area contributed by atoms with Crippen molar-refractivity contribution in [2.24, 2.45) is 0 Å². The van der Waals surface area contributed by atoms with Crippen LogP contribution in [0.2, 0.25) is 0 Å². The second-order valence-corrected chi connectivity index (χ2v) is 15.4. The first-order chi connectivity index (χ1) is 28.9. The Labute approximate surface area is 359 Å². The molecule has 0 unspecified atom stereocenters. The molecule has 9 rings (SSSR count). The van der Waals surface area contributed by atoms with Crippen molar-refractivity contribution in [1.29, 1.82) is 0 Å². The van der Waals surface area contributed by atoms with Crippen molar-refractivity contribution < 1.29 is 30.3 Å². The molecule has 2 aromatic heterocycles. The summed E-state index contributed by atoms with van der Waals surface area (Å²) < 4.78 is 25.6. The van der Waals surface area contributed by atoms with E-state index in [1.54, 1.807) is 24.4 Å². The molecule has 0 aliphatic rings. The molecule has 0 aliphatic carbocycles. The smallest absolute Gasteiger partial charge is 0.148 e. The van der Waals surface area contributed by atoms with Gasteiger partial charge < -0.3 is 5.11 Å². The van der Waals surface area contributed by atoms with Gasteiger partial charge in [-0.05, 0) is 82.0 Å². The van der Waals surface area contributed by atoms with Crippen LogP contribution < -0.4 is 0 Å². The van der Waals surface area contributed by atoms with Gasteiger partial charge in [0, 0.05) is 42.8 Å². The fourth-order valence-corrected chi connectivity index (χ4v) is 7.46. The minimum atomic E-state index is -2.17. The Morgan fingerprint density at radius 3 is 1.91 bits per heavy atom. The number of pyridine rings is 1. The maximum Gasteiger partial charge on any atom is 0.148 e. The van der Waals surface area contributed by atoms with Gasteiger partial charge in [-0.2, -0.15) is 0 Å². The Morgan fingerprint density at radius 2 is 1.22 bits per heavy atom. The number of aromatic hydroxyl groups is 1. The molecular weight excluding hydrogens is 890 g/mol. The first kappa shape index (κ1) is 34.9. The molecule has 9 aromatic rings. The first-order valence-electron chi connectivity index (χ1n) is 20.6. The standard InChI is InChI=1S/C53H42N3O.Pt/c1-35-22-24-38(25-23-35)39-26-27-54-48(33-39)43-29-40(36-14-7-5-8-15-36)28-42(30-43)46-19-13-20-49-51(46)55-52(47-18-11-12-21-50(47)57)56(49)45-32-41(37-16-9-6-10-17-37)31-44(34-45)53(2,3)4;/h5-29,31-34,57H,1-4H3;/q-1;/i1D3;. The van der Waals surface area contributed by atoms with Gasteiger partial charge in [-0.1, -0.05) is 164 Å². The Kier molecular flexibility index (Phi) is 9.55. The number of aromatic nitrogens is 3. The molecule has 0 aliphatic heterocycles. The number of imidazole rings is 1. The minimum absolute atomic E-state index is 0. The monoisotopic (exact) mass is 934 g/mol. The summed E-state index contributed by atoms with van der Waals surface area (Å²) >= 11 is 0. The fraction of sp³-hybridized carbons (Fsp3) is 0.0943. The summed E-state index contributed by atoms with van der Waals surface area (Å²) in [6, 6.07) is 59.9. The molecule has 1 N–H and O–H groups in total. The molecule has 0 saturated carbocycles. The Bertz CT molecular complexity index is 3010. The second-order valence-electron chi connectivity index (χ2n) is 15.4. The molecule has 0 amide bonds. The van der Waals surface area contributed by atoms with E-state index in [1.807, 2.05) is 66.7 Å². The summed E-state index contributed by atoms with van der Waals surface area (Å²) in [5.41, 5.74) is 13.9. The first-order valence-corrected chi connectivity index (χ1v) is 19.1. The SMILES string of the molecule is [2H]C([2H])([2H])c1ccc(-c2ccnc(-c3[c-]c(-c4cccc5c4nc(-c4ccccc4O)n5-c4cc(-c5ccccc5)cc(C(C)(C)C)c4)cc(-c4ccccc4)c3)c2)cc1.[Pt]. The molecule has 0 fully saturated rings. The van der Waals surface area contributed by atoms with E-state index in [9.17, 15) is 5.11 Å². The van der Waals surface area contributed by atoms with Gasteiger partial charge >= 0.3 is 0 Å². The van der Waals surface area contributed by atoms with Crippen LogP contribution in [-0.4, -0.2) is 19.6 Å². The van der Waals surface area contributed by atoms with E-state index in [4.69, 9.17) is 14.1 Å². The van der Waals surface area contributed by atoms with Crippen LogP contribution in [-0.2, 0) is 26.5 Å². The number of rotatable bonds is 7. The number of benzene rings is 7. The number of fused-ring (bicyclic) bond motifs is 1. The molecule has 0 spiro atoms. The van der Waals surface area contributed by atoms with Gasteiger partial charge in [0.2, 0.25) is 0 Å². The molecule has 0 saturated heterocycles. The molecule has 2 heterocycles. The normalized spacial score (nSPS) is 12.4. The third-order valence-electron chi connectivity index (χ3n) is 10.5. The number of para-hydroxylation sites is 2. The van der Waals surface area contributed by atoms with E-state index in [1.165, 1.54) is 5.56 Å². The summed E-state index contributed by atoms with van der Waals surface area (Å²) in [5.74, 6) is 0.767. The van der Waals surface area contributed by atoms with Gasteiger partial charge in [0.15, 0.2) is 0 Å². The second kappa shape index (κ2) is 15.9. The summed E-state index contributed by atoms with van der Waals surface area (Å²) in [7, 11) is 0. The van der Waals surface area contributed by atoms with Gasteiger partial charge in [-0.3, -0.25) is 9.55 Å². The average molecular weight is 935 g/mol. The maximum atomic E-state index is 11.4. The molecule has 7 aromatic carbocycles. The summed E-state index contributed by atoms with van der Waals surface area (Å²) in [4.78, 5) is 10.2. The van der Waals surface area contributed by atoms with Crippen LogP contribution in [0.3, 0.4) is 0 Å². The summed E-state index contributed by atoms with van der Waals surface area (Å²) in [6.07, 6.45) is 1.78. The quantitative estimate of drug-likeness (QED) is 0.162. The van der Waals surface area contributed by atoms with Crippen LogP contribution in [0, 0.1) is 12.9 Å². The van der Waals surface area contributed by atoms with Crippen LogP contribution in [0.25, 0.3) is 83.9 Å². The largest absolute Gasteiger partial charge is 0.507 e. The van der Waals surface area contributed by atoms with Crippen LogP contribution >= 0.6 is 0 Å². The Hall–Kier alpha value is -6.35. The van der Waals surface area contributed by atoms with Crippen molar-refractivity contribution >= 4 is 11.0 Å². The van der Waals surface area contributed by atoms with E-state index in [-0.39, 0.29) is 32.2 Å². The van der Waals surface area contributed by atoms with E-state index in [0.29, 0.717) is 17.0 Å². The van der Waals surface area contributed by atoms with Gasteiger partial charge in [0.05, 0.1) is 16.6 Å². The Balaban J connectivity index is 0.00000514. The minimum Gasteiger partial charge on any atom is -0.507 e. The molecule has 286 valence electrons. The van der Waals surface area contributed by atoms with Crippen LogP contribution in [0.5, 0.6) is 5.75 Å². The molecule has 4 nitrogen and oxygen atoms in total. The zero-order chi connectivity index (χ0) is 41.6. The number of hydrogen-bond donors (Lipinski definition) is 1. The molecule has 0 bridgehead atoms. The summed E-state index contributed by atoms with van der Waals surface area (Å²) in [5, 5.41) is 11.4. The van der Waals surface area contributed by atoms with Crippen molar-refractivity contribution in [2.75, 3.05) is 0 Å². The Morgan fingerprint density at radius 1 is 0.586 bits per heavy atom. The molecule has 58 heavy (non-hydrogen) atoms. The van der Waals surface area contributed by atoms with Crippen molar-refractivity contribution in [3.05, 3.63) is 193 Å². The fourth-order valence-electron chi connectivity index (χ4n) is 7.46. The number of hydrogen-bond acceptors (Lipinski definition) is 3. The zero-order valence-corrected chi connectivity index (χ0v) is 34.6. The molecular formula is C53H42N3OPt-. The average Bonchev–Trinajstić information content (AvgIpc) is 3.66. The van der Waals surface area contributed by atoms with Crippen molar-refractivity contribution in [3.8, 4) is 78.6 Å². The van der Waals surface area contributed by atoms with Gasteiger partial charge in [0.25, 0.3) is 0 Å². The van der Waals surface area contributed by atoms with Crippen molar-refractivity contribution in [2.45, 2.75) is 33.0 Å². The number of phenolic OH excluding ortho intramolecular Hbond substituents is 1. The number of phenols is 1. The van der Waals surface area contributed by atoms with Gasteiger partial charge in [-0.25, -0.2) is 4.98 Å². The molecule has 0 radical (unpaired) electrons. The van der Waals surface area contributed by atoms with E-state index >= 15 is 0 Å². The predicted octanol–water partition coefficient (Wildman–Crippen LogP) is 13.5. The van der Waals surface area contributed by atoms with E-state index < -0.39 is 6.85 Å². The number of nitrogens with zero attached hydrogens (tertiary/aromatic N) is 3. The molecule has 0 atom stereocenters. The van der Waals surface area contributed by atoms with Gasteiger partial charge in [-0.15, -0.1) is 23.8 Å².